The van der Waals surface area contributed by atoms with Crippen LogP contribution in [0.3, 0.4) is 0 Å². The van der Waals surface area contributed by atoms with Crippen LogP contribution in [0, 0.1) is 5.92 Å². The summed E-state index contributed by atoms with van der Waals surface area (Å²) < 4.78 is 37.9. The molecule has 0 aliphatic carbocycles. The zero-order chi connectivity index (χ0) is 10.8. The van der Waals surface area contributed by atoms with Crippen LogP contribution in [0.25, 0.3) is 0 Å². The number of hydrogen-bond acceptors (Lipinski definition) is 1. The van der Waals surface area contributed by atoms with Crippen LogP contribution in [0.5, 0.6) is 0 Å². The first-order valence-electron chi connectivity index (χ1n) is 4.39. The fourth-order valence-corrected chi connectivity index (χ4v) is 1.51. The van der Waals surface area contributed by atoms with Crippen molar-refractivity contribution >= 4 is 0 Å². The third-order valence-corrected chi connectivity index (χ3v) is 2.06. The van der Waals surface area contributed by atoms with E-state index in [2.05, 4.69) is 4.98 Å². The Hall–Kier alpha value is -1.06. The zero-order valence-corrected chi connectivity index (χ0v) is 8.05. The van der Waals surface area contributed by atoms with E-state index in [0.29, 0.717) is 0 Å². The van der Waals surface area contributed by atoms with Crippen molar-refractivity contribution in [3.8, 4) is 0 Å². The van der Waals surface area contributed by atoms with Gasteiger partial charge in [0.1, 0.15) is 0 Å². The largest absolute Gasteiger partial charge is 0.396 e. The molecule has 0 aliphatic heterocycles. The van der Waals surface area contributed by atoms with Gasteiger partial charge in [-0.25, -0.2) is 0 Å². The van der Waals surface area contributed by atoms with E-state index in [-0.39, 0.29) is 5.56 Å². The molecule has 0 N–H and O–H groups in total. The molecule has 0 saturated carbocycles. The molecule has 1 heterocycles. The van der Waals surface area contributed by atoms with Crippen molar-refractivity contribution in [2.45, 2.75) is 25.9 Å². The first-order valence-corrected chi connectivity index (χ1v) is 4.39. The van der Waals surface area contributed by atoms with Gasteiger partial charge in [0.2, 0.25) is 0 Å². The summed E-state index contributed by atoms with van der Waals surface area (Å²) in [7, 11) is 0. The van der Waals surface area contributed by atoms with Gasteiger partial charge in [-0.15, -0.1) is 0 Å². The van der Waals surface area contributed by atoms with Crippen LogP contribution in [0.2, 0.25) is 0 Å². The first-order chi connectivity index (χ1) is 6.43. The van der Waals surface area contributed by atoms with Crippen LogP contribution in [0.1, 0.15) is 25.3 Å². The number of hydrogen-bond donors (Lipinski definition) is 0. The van der Waals surface area contributed by atoms with Gasteiger partial charge in [-0.2, -0.15) is 13.2 Å². The van der Waals surface area contributed by atoms with E-state index >= 15 is 0 Å². The molecule has 0 fully saturated rings. The highest BCUT2D eigenvalue weighted by Gasteiger charge is 2.42. The Balaban J connectivity index is 3.02. The van der Waals surface area contributed by atoms with E-state index in [1.807, 2.05) is 0 Å². The SMILES string of the molecule is CC(C)C(c1cccnc1)C(F)(F)F. The molecule has 4 heteroatoms. The van der Waals surface area contributed by atoms with Gasteiger partial charge in [-0.3, -0.25) is 4.98 Å². The molecule has 0 radical (unpaired) electrons. The number of aromatic nitrogens is 1. The monoisotopic (exact) mass is 203 g/mol. The molecule has 0 aromatic carbocycles. The second-order valence-electron chi connectivity index (χ2n) is 3.55. The van der Waals surface area contributed by atoms with Crippen LogP contribution in [0.4, 0.5) is 13.2 Å². The highest BCUT2D eigenvalue weighted by atomic mass is 19.4. The predicted octanol–water partition coefficient (Wildman–Crippen LogP) is 3.38. The standard InChI is InChI=1S/C10H12F3N/c1-7(2)9(10(11,12)13)8-4-3-5-14-6-8/h3-7,9H,1-2H3. The highest BCUT2D eigenvalue weighted by Crippen LogP contribution is 2.39. The minimum Gasteiger partial charge on any atom is -0.264 e. The third kappa shape index (κ3) is 2.47. The quantitative estimate of drug-likeness (QED) is 0.718. The van der Waals surface area contributed by atoms with Gasteiger partial charge in [-0.1, -0.05) is 19.9 Å². The maximum absolute atomic E-state index is 12.6. The van der Waals surface area contributed by atoms with Crippen molar-refractivity contribution < 1.29 is 13.2 Å². The zero-order valence-electron chi connectivity index (χ0n) is 8.05. The van der Waals surface area contributed by atoms with E-state index < -0.39 is 18.0 Å². The molecule has 78 valence electrons. The number of nitrogens with zero attached hydrogens (tertiary/aromatic N) is 1. The van der Waals surface area contributed by atoms with Crippen LogP contribution >= 0.6 is 0 Å². The molecule has 0 spiro atoms. The van der Waals surface area contributed by atoms with Crippen molar-refractivity contribution in [3.63, 3.8) is 0 Å². The van der Waals surface area contributed by atoms with Gasteiger partial charge in [-0.05, 0) is 17.5 Å². The topological polar surface area (TPSA) is 12.9 Å². The minimum absolute atomic E-state index is 0.231. The molecule has 0 saturated heterocycles. The lowest BCUT2D eigenvalue weighted by molar-refractivity contribution is -0.159. The van der Waals surface area contributed by atoms with Gasteiger partial charge in [0.15, 0.2) is 0 Å². The van der Waals surface area contributed by atoms with Crippen molar-refractivity contribution in [1.82, 2.24) is 4.98 Å². The number of pyridine rings is 1. The van der Waals surface area contributed by atoms with E-state index in [0.717, 1.165) is 0 Å². The Morgan fingerprint density at radius 2 is 1.93 bits per heavy atom. The summed E-state index contributed by atoms with van der Waals surface area (Å²) in [6.45, 7) is 3.12. The fraction of sp³-hybridized carbons (Fsp3) is 0.500. The smallest absolute Gasteiger partial charge is 0.264 e. The summed E-state index contributed by atoms with van der Waals surface area (Å²) >= 11 is 0. The van der Waals surface area contributed by atoms with E-state index in [4.69, 9.17) is 0 Å². The lowest BCUT2D eigenvalue weighted by atomic mass is 9.89. The lowest BCUT2D eigenvalue weighted by Gasteiger charge is -2.23. The average molecular weight is 203 g/mol. The summed E-state index contributed by atoms with van der Waals surface area (Å²) in [5.74, 6) is -1.89. The van der Waals surface area contributed by atoms with Crippen molar-refractivity contribution in [2.75, 3.05) is 0 Å². The molecule has 1 rings (SSSR count). The molecular formula is C10H12F3N. The van der Waals surface area contributed by atoms with Crippen LogP contribution in [-0.2, 0) is 0 Å². The molecule has 0 amide bonds. The summed E-state index contributed by atoms with van der Waals surface area (Å²) in [5.41, 5.74) is 0.231. The first kappa shape index (κ1) is 11.0. The lowest BCUT2D eigenvalue weighted by Crippen LogP contribution is -2.25. The maximum atomic E-state index is 12.6. The van der Waals surface area contributed by atoms with E-state index in [1.54, 1.807) is 13.8 Å². The van der Waals surface area contributed by atoms with Gasteiger partial charge in [0.25, 0.3) is 0 Å². The molecule has 14 heavy (non-hydrogen) atoms. The third-order valence-electron chi connectivity index (χ3n) is 2.06. The van der Waals surface area contributed by atoms with Crippen molar-refractivity contribution in [2.24, 2.45) is 5.92 Å². The van der Waals surface area contributed by atoms with Gasteiger partial charge in [0.05, 0.1) is 5.92 Å². The van der Waals surface area contributed by atoms with Crippen molar-refractivity contribution in [1.29, 1.82) is 0 Å². The van der Waals surface area contributed by atoms with E-state index in [1.165, 1.54) is 24.5 Å². The normalized spacial score (nSPS) is 14.4. The Kier molecular flexibility index (Phi) is 3.13. The summed E-state index contributed by atoms with van der Waals surface area (Å²) in [4.78, 5) is 3.70. The maximum Gasteiger partial charge on any atom is 0.396 e. The molecule has 1 atom stereocenters. The molecule has 1 aromatic heterocycles. The molecular weight excluding hydrogens is 191 g/mol. The van der Waals surface area contributed by atoms with Gasteiger partial charge in [0, 0.05) is 12.4 Å². The molecule has 1 nitrogen and oxygen atoms in total. The van der Waals surface area contributed by atoms with Crippen LogP contribution in [0.15, 0.2) is 24.5 Å². The molecule has 1 aromatic rings. The molecule has 0 aliphatic rings. The summed E-state index contributed by atoms with van der Waals surface area (Å²) in [6.07, 6.45) is -1.45. The Morgan fingerprint density at radius 1 is 1.29 bits per heavy atom. The Labute approximate surface area is 81.0 Å². The second-order valence-corrected chi connectivity index (χ2v) is 3.55. The summed E-state index contributed by atoms with van der Waals surface area (Å²) in [6, 6.07) is 2.99. The fourth-order valence-electron chi connectivity index (χ4n) is 1.51. The average Bonchev–Trinajstić information content (AvgIpc) is 2.02. The van der Waals surface area contributed by atoms with Crippen LogP contribution < -0.4 is 0 Å². The Bertz CT molecular complexity index is 279. The summed E-state index contributed by atoms with van der Waals surface area (Å²) in [5, 5.41) is 0. The van der Waals surface area contributed by atoms with Crippen molar-refractivity contribution in [3.05, 3.63) is 30.1 Å². The van der Waals surface area contributed by atoms with Gasteiger partial charge >= 0.3 is 6.18 Å². The number of rotatable bonds is 2. The Morgan fingerprint density at radius 3 is 2.29 bits per heavy atom. The second kappa shape index (κ2) is 3.98. The molecule has 1 unspecified atom stereocenters. The molecule has 0 bridgehead atoms. The minimum atomic E-state index is -4.20. The van der Waals surface area contributed by atoms with E-state index in [9.17, 15) is 13.2 Å². The van der Waals surface area contributed by atoms with Crippen LogP contribution in [-0.4, -0.2) is 11.2 Å². The number of halogens is 3. The number of alkyl halides is 3. The highest BCUT2D eigenvalue weighted by molar-refractivity contribution is 5.17. The van der Waals surface area contributed by atoms with Gasteiger partial charge < -0.3 is 0 Å². The predicted molar refractivity (Wildman–Crippen MR) is 47.9 cm³/mol.